The van der Waals surface area contributed by atoms with Crippen LogP contribution in [0.1, 0.15) is 29.1 Å². The smallest absolute Gasteiger partial charge is 0.339 e. The summed E-state index contributed by atoms with van der Waals surface area (Å²) >= 11 is 3.05. The minimum atomic E-state index is -1.04. The molecule has 0 amide bonds. The number of aliphatic hydroxyl groups is 1. The lowest BCUT2D eigenvalue weighted by atomic mass is 10.0. The highest BCUT2D eigenvalue weighted by atomic mass is 32.1. The van der Waals surface area contributed by atoms with Crippen LogP contribution in [-0.2, 0) is 11.2 Å². The molecule has 4 aromatic rings. The quantitative estimate of drug-likeness (QED) is 0.192. The molecule has 0 atom stereocenters. The largest absolute Gasteiger partial charge is 0.491 e. The minimum absolute atomic E-state index is 0.103. The maximum absolute atomic E-state index is 12.0. The Balaban J connectivity index is 0.00000186. The number of anilines is 2. The van der Waals surface area contributed by atoms with Gasteiger partial charge in [0.2, 0.25) is 0 Å². The molecule has 0 saturated heterocycles. The number of thiazole rings is 1. The molecular formula is C27H31N3O5S2. The first kappa shape index (κ1) is 28.3. The molecular weight excluding hydrogens is 510 g/mol. The van der Waals surface area contributed by atoms with E-state index in [1.165, 1.54) is 11.3 Å². The summed E-state index contributed by atoms with van der Waals surface area (Å²) in [7, 11) is 2.64. The van der Waals surface area contributed by atoms with E-state index >= 15 is 0 Å². The third-order valence-electron chi connectivity index (χ3n) is 5.10. The van der Waals surface area contributed by atoms with Crippen LogP contribution in [0.15, 0.2) is 54.0 Å². The molecule has 3 N–H and O–H groups in total. The third kappa shape index (κ3) is 7.59. The number of carboxylic acid groups (broad SMARTS) is 1. The number of methoxy groups -OCH3 is 1. The van der Waals surface area contributed by atoms with Crippen LogP contribution in [0.4, 0.5) is 10.9 Å². The van der Waals surface area contributed by atoms with Gasteiger partial charge in [-0.1, -0.05) is 32.0 Å². The number of hydrogen-bond donors (Lipinski definition) is 3. The van der Waals surface area contributed by atoms with Crippen molar-refractivity contribution in [3.8, 4) is 27.4 Å². The maximum atomic E-state index is 12.0. The van der Waals surface area contributed by atoms with Gasteiger partial charge in [-0.05, 0) is 42.0 Å². The first-order valence-corrected chi connectivity index (χ1v) is 13.3. The number of thiophene rings is 1. The van der Waals surface area contributed by atoms with Crippen LogP contribution in [-0.4, -0.2) is 53.6 Å². The summed E-state index contributed by atoms with van der Waals surface area (Å²) in [5.41, 5.74) is 2.68. The fourth-order valence-electron chi connectivity index (χ4n) is 3.52. The molecule has 0 bridgehead atoms. The lowest BCUT2D eigenvalue weighted by Crippen LogP contribution is -2.05. The number of nitrogens with zero attached hydrogens (tertiary/aromatic N) is 2. The zero-order chi connectivity index (χ0) is 26.8. The van der Waals surface area contributed by atoms with Crippen molar-refractivity contribution in [1.29, 1.82) is 0 Å². The van der Waals surface area contributed by atoms with E-state index in [1.807, 2.05) is 41.8 Å². The number of hydrogen-bond acceptors (Lipinski definition) is 9. The topological polar surface area (TPSA) is 114 Å². The number of aromatic carboxylic acids is 1. The summed E-state index contributed by atoms with van der Waals surface area (Å²) < 4.78 is 10.8. The predicted molar refractivity (Wildman–Crippen MR) is 149 cm³/mol. The van der Waals surface area contributed by atoms with E-state index in [-0.39, 0.29) is 11.4 Å². The van der Waals surface area contributed by atoms with Crippen LogP contribution >= 0.6 is 22.7 Å². The number of rotatable bonds is 11. The average Bonchev–Trinajstić information content (AvgIpc) is 3.56. The molecule has 0 saturated carbocycles. The number of carboxylic acids is 1. The molecule has 4 rings (SSSR count). The molecule has 0 spiro atoms. The molecule has 1 aromatic carbocycles. The molecule has 0 fully saturated rings. The summed E-state index contributed by atoms with van der Waals surface area (Å²) in [4.78, 5) is 23.3. The molecule has 0 aliphatic rings. The summed E-state index contributed by atoms with van der Waals surface area (Å²) in [6.45, 7) is 5.30. The molecule has 10 heteroatoms. The number of ether oxygens (including phenoxy) is 2. The minimum Gasteiger partial charge on any atom is -0.491 e. The van der Waals surface area contributed by atoms with Gasteiger partial charge in [0.25, 0.3) is 0 Å². The molecule has 0 aliphatic carbocycles. The van der Waals surface area contributed by atoms with Crippen molar-refractivity contribution in [2.75, 3.05) is 32.8 Å². The number of aliphatic hydroxyl groups excluding tert-OH is 1. The molecule has 37 heavy (non-hydrogen) atoms. The van der Waals surface area contributed by atoms with Gasteiger partial charge < -0.3 is 25.0 Å². The van der Waals surface area contributed by atoms with Crippen LogP contribution in [0.2, 0.25) is 0 Å². The van der Waals surface area contributed by atoms with Crippen molar-refractivity contribution in [2.24, 2.45) is 5.92 Å². The lowest BCUT2D eigenvalue weighted by molar-refractivity contribution is 0.0697. The average molecular weight is 542 g/mol. The van der Waals surface area contributed by atoms with Crippen molar-refractivity contribution in [1.82, 2.24) is 9.97 Å². The van der Waals surface area contributed by atoms with Crippen LogP contribution < -0.4 is 10.1 Å². The molecule has 3 heterocycles. The Morgan fingerprint density at radius 2 is 1.92 bits per heavy atom. The highest BCUT2D eigenvalue weighted by Gasteiger charge is 2.19. The van der Waals surface area contributed by atoms with Gasteiger partial charge in [0.1, 0.15) is 23.7 Å². The number of aromatic nitrogens is 2. The van der Waals surface area contributed by atoms with Gasteiger partial charge in [0, 0.05) is 41.3 Å². The van der Waals surface area contributed by atoms with Crippen molar-refractivity contribution < 1.29 is 24.5 Å². The van der Waals surface area contributed by atoms with Crippen molar-refractivity contribution in [2.45, 2.75) is 20.3 Å². The summed E-state index contributed by atoms with van der Waals surface area (Å²) in [5.74, 6) is 0.405. The van der Waals surface area contributed by atoms with E-state index in [0.29, 0.717) is 24.3 Å². The molecule has 3 aromatic heterocycles. The van der Waals surface area contributed by atoms with E-state index in [1.54, 1.807) is 30.7 Å². The standard InChI is InChI=1S/C26H27N3O4S2.CH4O/c1-16(2)12-22-23(17-6-4-7-19(13-17)33-10-9-32-3)28-26(35-22)29-24-20(25(30)31)14-18(15-27-24)21-8-5-11-34-21;1-2/h4-8,11,13-16H,9-10,12H2,1-3H3,(H,30,31)(H,27,28,29);2H,1H3. The van der Waals surface area contributed by atoms with E-state index < -0.39 is 5.97 Å². The van der Waals surface area contributed by atoms with Crippen molar-refractivity contribution >= 4 is 39.6 Å². The Kier molecular flexibility index (Phi) is 10.6. The van der Waals surface area contributed by atoms with E-state index in [4.69, 9.17) is 19.6 Å². The Hall–Kier alpha value is -3.31. The molecule has 0 aliphatic heterocycles. The number of carbonyl (C=O) groups is 1. The molecule has 196 valence electrons. The normalized spacial score (nSPS) is 10.6. The molecule has 0 unspecified atom stereocenters. The predicted octanol–water partition coefficient (Wildman–Crippen LogP) is 6.21. The van der Waals surface area contributed by atoms with Gasteiger partial charge in [-0.2, -0.15) is 0 Å². The SMILES string of the molecule is CO.COCCOc1cccc(-c2nc(Nc3ncc(-c4cccs4)cc3C(=O)O)sc2CC(C)C)c1. The second kappa shape index (κ2) is 13.8. The van der Waals surface area contributed by atoms with Gasteiger partial charge in [0.15, 0.2) is 5.13 Å². The Labute approximate surface area is 224 Å². The fourth-order valence-corrected chi connectivity index (χ4v) is 5.43. The zero-order valence-electron chi connectivity index (χ0n) is 21.2. The number of pyridine rings is 1. The van der Waals surface area contributed by atoms with Crippen LogP contribution in [0.25, 0.3) is 21.7 Å². The Bertz CT molecular complexity index is 1290. The second-order valence-electron chi connectivity index (χ2n) is 8.29. The van der Waals surface area contributed by atoms with Gasteiger partial charge >= 0.3 is 5.97 Å². The summed E-state index contributed by atoms with van der Waals surface area (Å²) in [6.07, 6.45) is 2.53. The lowest BCUT2D eigenvalue weighted by Gasteiger charge is -2.08. The van der Waals surface area contributed by atoms with Gasteiger partial charge in [-0.25, -0.2) is 14.8 Å². The molecule has 0 radical (unpaired) electrons. The van der Waals surface area contributed by atoms with E-state index in [0.717, 1.165) is 45.9 Å². The van der Waals surface area contributed by atoms with E-state index in [2.05, 4.69) is 24.1 Å². The highest BCUT2D eigenvalue weighted by molar-refractivity contribution is 7.16. The highest BCUT2D eigenvalue weighted by Crippen LogP contribution is 2.36. The van der Waals surface area contributed by atoms with Gasteiger partial charge in [-0.3, -0.25) is 0 Å². The summed E-state index contributed by atoms with van der Waals surface area (Å²) in [5, 5.41) is 22.5. The van der Waals surface area contributed by atoms with Crippen LogP contribution in [0, 0.1) is 5.92 Å². The Morgan fingerprint density at radius 1 is 1.11 bits per heavy atom. The van der Waals surface area contributed by atoms with Crippen LogP contribution in [0.3, 0.4) is 0 Å². The van der Waals surface area contributed by atoms with Crippen molar-refractivity contribution in [3.05, 3.63) is 64.5 Å². The monoisotopic (exact) mass is 541 g/mol. The first-order chi connectivity index (χ1) is 17.9. The first-order valence-electron chi connectivity index (χ1n) is 11.7. The Morgan fingerprint density at radius 3 is 2.59 bits per heavy atom. The second-order valence-corrected chi connectivity index (χ2v) is 10.3. The van der Waals surface area contributed by atoms with Crippen molar-refractivity contribution in [3.63, 3.8) is 0 Å². The maximum Gasteiger partial charge on any atom is 0.339 e. The fraction of sp³-hybridized carbons (Fsp3) is 0.296. The van der Waals surface area contributed by atoms with E-state index in [9.17, 15) is 9.90 Å². The zero-order valence-corrected chi connectivity index (χ0v) is 22.9. The number of benzene rings is 1. The van der Waals surface area contributed by atoms with Gasteiger partial charge in [-0.15, -0.1) is 22.7 Å². The number of nitrogens with one attached hydrogen (secondary N) is 1. The third-order valence-corrected chi connectivity index (χ3v) is 7.02. The van der Waals surface area contributed by atoms with Gasteiger partial charge in [0.05, 0.1) is 12.3 Å². The summed E-state index contributed by atoms with van der Waals surface area (Å²) in [6, 6.07) is 13.3. The molecule has 8 nitrogen and oxygen atoms in total. The van der Waals surface area contributed by atoms with Crippen LogP contribution in [0.5, 0.6) is 5.75 Å².